The van der Waals surface area contributed by atoms with Crippen LogP contribution in [0.3, 0.4) is 0 Å². The quantitative estimate of drug-likeness (QED) is 0.748. The molecule has 0 unspecified atom stereocenters. The number of anilines is 3. The van der Waals surface area contributed by atoms with Crippen LogP contribution in [0, 0.1) is 5.41 Å². The summed E-state index contributed by atoms with van der Waals surface area (Å²) in [6, 6.07) is 0. The summed E-state index contributed by atoms with van der Waals surface area (Å²) in [7, 11) is 4.14. The Morgan fingerprint density at radius 1 is 1.10 bits per heavy atom. The minimum atomic E-state index is 0.111. The van der Waals surface area contributed by atoms with Gasteiger partial charge in [0.2, 0.25) is 17.8 Å². The van der Waals surface area contributed by atoms with E-state index in [-0.39, 0.29) is 11.4 Å². The van der Waals surface area contributed by atoms with E-state index < -0.39 is 0 Å². The van der Waals surface area contributed by atoms with Gasteiger partial charge < -0.3 is 20.9 Å². The molecule has 0 atom stereocenters. The van der Waals surface area contributed by atoms with Crippen LogP contribution in [-0.2, 0) is 0 Å². The fraction of sp³-hybridized carbons (Fsp3) is 0.786. The molecule has 0 saturated carbocycles. The number of nitrogens with zero attached hydrogens (tertiary/aromatic N) is 5. The highest BCUT2D eigenvalue weighted by Gasteiger charge is 2.19. The Hall–Kier alpha value is -1.63. The third-order valence-corrected chi connectivity index (χ3v) is 3.16. The van der Waals surface area contributed by atoms with Crippen molar-refractivity contribution < 1.29 is 0 Å². The van der Waals surface area contributed by atoms with Gasteiger partial charge in [-0.1, -0.05) is 13.8 Å². The van der Waals surface area contributed by atoms with Gasteiger partial charge in [-0.25, -0.2) is 0 Å². The number of hydrogen-bond acceptors (Lipinski definition) is 7. The predicted octanol–water partition coefficient (Wildman–Crippen LogP) is 1.30. The van der Waals surface area contributed by atoms with Gasteiger partial charge >= 0.3 is 0 Å². The summed E-state index contributed by atoms with van der Waals surface area (Å²) < 4.78 is 0. The van der Waals surface area contributed by atoms with Crippen molar-refractivity contribution in [3.63, 3.8) is 0 Å². The topological polar surface area (TPSA) is 83.2 Å². The summed E-state index contributed by atoms with van der Waals surface area (Å²) in [5.74, 6) is 1.41. The van der Waals surface area contributed by atoms with Crippen molar-refractivity contribution in [2.45, 2.75) is 27.7 Å². The molecule has 0 aliphatic rings. The molecule has 0 radical (unpaired) electrons. The zero-order valence-corrected chi connectivity index (χ0v) is 14.1. The van der Waals surface area contributed by atoms with Crippen LogP contribution in [-0.4, -0.2) is 60.1 Å². The van der Waals surface area contributed by atoms with E-state index in [0.29, 0.717) is 11.9 Å². The van der Waals surface area contributed by atoms with Gasteiger partial charge in [0.25, 0.3) is 0 Å². The molecule has 0 fully saturated rings. The van der Waals surface area contributed by atoms with Crippen molar-refractivity contribution in [3.8, 4) is 0 Å². The lowest BCUT2D eigenvalue weighted by atomic mass is 9.93. The van der Waals surface area contributed by atoms with Crippen molar-refractivity contribution in [3.05, 3.63) is 0 Å². The van der Waals surface area contributed by atoms with Gasteiger partial charge in [-0.05, 0) is 33.4 Å². The van der Waals surface area contributed by atoms with Crippen LogP contribution in [0.2, 0.25) is 0 Å². The number of nitrogens with two attached hydrogens (primary N) is 1. The van der Waals surface area contributed by atoms with Crippen LogP contribution in [0.1, 0.15) is 27.7 Å². The van der Waals surface area contributed by atoms with Gasteiger partial charge in [0.05, 0.1) is 0 Å². The lowest BCUT2D eigenvalue weighted by molar-refractivity contribution is 0.254. The van der Waals surface area contributed by atoms with E-state index in [4.69, 9.17) is 5.73 Å². The molecule has 7 nitrogen and oxygen atoms in total. The summed E-state index contributed by atoms with van der Waals surface area (Å²) >= 11 is 0. The van der Waals surface area contributed by atoms with E-state index in [1.165, 1.54) is 0 Å². The van der Waals surface area contributed by atoms with Crippen LogP contribution < -0.4 is 16.0 Å². The normalized spacial score (nSPS) is 11.8. The SMILES string of the molecule is CCN(CC)c1nc(N)nc(NCC(C)(C)CN(C)C)n1. The average molecular weight is 295 g/mol. The number of nitrogens with one attached hydrogen (secondary N) is 1. The molecule has 0 aromatic carbocycles. The minimum absolute atomic E-state index is 0.111. The van der Waals surface area contributed by atoms with Crippen LogP contribution in [0.15, 0.2) is 0 Å². The third-order valence-electron chi connectivity index (χ3n) is 3.16. The zero-order valence-electron chi connectivity index (χ0n) is 14.1. The van der Waals surface area contributed by atoms with Crippen molar-refractivity contribution in [1.82, 2.24) is 19.9 Å². The predicted molar refractivity (Wildman–Crippen MR) is 88.6 cm³/mol. The van der Waals surface area contributed by atoms with Gasteiger partial charge in [0, 0.05) is 26.2 Å². The molecule has 0 spiro atoms. The molecule has 3 N–H and O–H groups in total. The van der Waals surface area contributed by atoms with E-state index >= 15 is 0 Å². The van der Waals surface area contributed by atoms with Gasteiger partial charge in [-0.2, -0.15) is 15.0 Å². The van der Waals surface area contributed by atoms with E-state index in [1.54, 1.807) is 0 Å². The van der Waals surface area contributed by atoms with Crippen LogP contribution in [0.25, 0.3) is 0 Å². The van der Waals surface area contributed by atoms with Crippen molar-refractivity contribution in [2.24, 2.45) is 5.41 Å². The Bertz CT molecular complexity index is 441. The first-order valence-corrected chi connectivity index (χ1v) is 7.42. The molecular weight excluding hydrogens is 266 g/mol. The maximum absolute atomic E-state index is 5.79. The maximum Gasteiger partial charge on any atom is 0.231 e. The maximum atomic E-state index is 5.79. The summed E-state index contributed by atoms with van der Waals surface area (Å²) in [6.45, 7) is 12.0. The van der Waals surface area contributed by atoms with Crippen molar-refractivity contribution in [1.29, 1.82) is 0 Å². The molecule has 0 bridgehead atoms. The van der Waals surface area contributed by atoms with E-state index in [1.807, 2.05) is 4.90 Å². The molecule has 0 amide bonds. The second-order valence-corrected chi connectivity index (χ2v) is 6.25. The summed E-state index contributed by atoms with van der Waals surface area (Å²) in [4.78, 5) is 17.1. The molecule has 1 aromatic heterocycles. The highest BCUT2D eigenvalue weighted by atomic mass is 15.3. The number of hydrogen-bond donors (Lipinski definition) is 2. The molecule has 0 saturated heterocycles. The van der Waals surface area contributed by atoms with Crippen molar-refractivity contribution in [2.75, 3.05) is 56.2 Å². The first-order chi connectivity index (χ1) is 9.77. The lowest BCUT2D eigenvalue weighted by Gasteiger charge is -2.28. The second kappa shape index (κ2) is 7.40. The fourth-order valence-electron chi connectivity index (χ4n) is 2.34. The zero-order chi connectivity index (χ0) is 16.0. The van der Waals surface area contributed by atoms with Gasteiger partial charge in [0.15, 0.2) is 0 Å². The Labute approximate surface area is 128 Å². The van der Waals surface area contributed by atoms with Gasteiger partial charge in [0.1, 0.15) is 0 Å². The van der Waals surface area contributed by atoms with Gasteiger partial charge in [-0.15, -0.1) is 0 Å². The Morgan fingerprint density at radius 2 is 1.71 bits per heavy atom. The molecule has 1 heterocycles. The first-order valence-electron chi connectivity index (χ1n) is 7.42. The van der Waals surface area contributed by atoms with Crippen LogP contribution in [0.5, 0.6) is 0 Å². The van der Waals surface area contributed by atoms with E-state index in [9.17, 15) is 0 Å². The number of aromatic nitrogens is 3. The average Bonchev–Trinajstić information content (AvgIpc) is 2.36. The van der Waals surface area contributed by atoms with Gasteiger partial charge in [-0.3, -0.25) is 0 Å². The number of rotatable bonds is 8. The Kier molecular flexibility index (Phi) is 6.14. The monoisotopic (exact) mass is 295 g/mol. The highest BCUT2D eigenvalue weighted by Crippen LogP contribution is 2.17. The standard InChI is InChI=1S/C14H29N7/c1-7-21(8-2)13-18-11(15)17-12(19-13)16-9-14(3,4)10-20(5)6/h7-10H2,1-6H3,(H3,15,16,17,18,19). The molecule has 120 valence electrons. The largest absolute Gasteiger partial charge is 0.368 e. The van der Waals surface area contributed by atoms with E-state index in [2.05, 4.69) is 67.0 Å². The second-order valence-electron chi connectivity index (χ2n) is 6.25. The smallest absolute Gasteiger partial charge is 0.231 e. The first kappa shape index (κ1) is 17.4. The molecule has 0 aliphatic heterocycles. The highest BCUT2D eigenvalue weighted by molar-refractivity contribution is 5.41. The minimum Gasteiger partial charge on any atom is -0.368 e. The van der Waals surface area contributed by atoms with E-state index in [0.717, 1.165) is 26.2 Å². The summed E-state index contributed by atoms with van der Waals surface area (Å²) in [5, 5.41) is 3.28. The summed E-state index contributed by atoms with van der Waals surface area (Å²) in [6.07, 6.45) is 0. The van der Waals surface area contributed by atoms with Crippen LogP contribution >= 0.6 is 0 Å². The molecular formula is C14H29N7. The lowest BCUT2D eigenvalue weighted by Crippen LogP contribution is -2.35. The Morgan fingerprint density at radius 3 is 2.24 bits per heavy atom. The van der Waals surface area contributed by atoms with Crippen LogP contribution in [0.4, 0.5) is 17.8 Å². The fourth-order valence-corrected chi connectivity index (χ4v) is 2.34. The summed E-state index contributed by atoms with van der Waals surface area (Å²) in [5.41, 5.74) is 5.90. The third kappa shape index (κ3) is 5.71. The van der Waals surface area contributed by atoms with Crippen molar-refractivity contribution >= 4 is 17.8 Å². The molecule has 1 aromatic rings. The Balaban J connectivity index is 2.80. The molecule has 7 heteroatoms. The molecule has 1 rings (SSSR count). The number of nitrogen functional groups attached to an aromatic ring is 1. The molecule has 0 aliphatic carbocycles. The molecule has 21 heavy (non-hydrogen) atoms.